The number of aliphatic carboxylic acids is 1. The van der Waals surface area contributed by atoms with Gasteiger partial charge < -0.3 is 9.84 Å². The largest absolute Gasteiger partial charge is 0.481 e. The second-order valence-electron chi connectivity index (χ2n) is 15.2. The number of fused-ring (bicyclic) bond motifs is 5. The summed E-state index contributed by atoms with van der Waals surface area (Å²) < 4.78 is 6.95. The third-order valence-electron chi connectivity index (χ3n) is 13.4. The van der Waals surface area contributed by atoms with E-state index < -0.39 is 11.4 Å². The summed E-state index contributed by atoms with van der Waals surface area (Å²) in [6, 6.07) is 0. The molecule has 34 heavy (non-hydrogen) atoms. The Bertz CT molecular complexity index is 1010. The van der Waals surface area contributed by atoms with E-state index in [-0.39, 0.29) is 56.4 Å². The Labute approximate surface area is 205 Å². The zero-order valence-electron chi connectivity index (χ0n) is 22.3. The molecule has 0 bridgehead atoms. The molecule has 1 spiro atoms. The van der Waals surface area contributed by atoms with Crippen LogP contribution < -0.4 is 0 Å². The van der Waals surface area contributed by atoms with Crippen LogP contribution >= 0.6 is 0 Å². The summed E-state index contributed by atoms with van der Waals surface area (Å²) in [6.45, 7) is 16.3. The van der Waals surface area contributed by atoms with Gasteiger partial charge in [0.2, 0.25) is 0 Å². The van der Waals surface area contributed by atoms with Gasteiger partial charge in [-0.2, -0.15) is 0 Å². The van der Waals surface area contributed by atoms with Crippen molar-refractivity contribution in [3.63, 3.8) is 0 Å². The van der Waals surface area contributed by atoms with E-state index in [9.17, 15) is 14.7 Å². The zero-order valence-corrected chi connectivity index (χ0v) is 22.3. The van der Waals surface area contributed by atoms with Gasteiger partial charge in [-0.25, -0.2) is 0 Å². The molecule has 0 amide bonds. The van der Waals surface area contributed by atoms with Crippen LogP contribution in [-0.4, -0.2) is 28.6 Å². The van der Waals surface area contributed by atoms with Gasteiger partial charge in [0.05, 0.1) is 11.5 Å². The molecule has 0 aromatic heterocycles. The number of carboxylic acid groups (broad SMARTS) is 1. The molecule has 1 heterocycles. The molecular weight excluding hydrogens is 424 g/mol. The van der Waals surface area contributed by atoms with Gasteiger partial charge in [-0.1, -0.05) is 54.5 Å². The fourth-order valence-corrected chi connectivity index (χ4v) is 11.1. The standard InChI is InChI=1S/C30H44O4/c1-24(2)12-14-29(23(32)33)15-13-26(5)18(19(29)17-24)16-22-30(34-22)27(6)10-9-21(31)25(3,4)20(27)8-11-28(26,30)7/h9-10,18-20,22H,8,11-17H2,1-7H3,(H,32,33)/t18-,19+,20+,22?,26-,27+,28+,29+,30?/m1/s1. The fraction of sp³-hybridized carbons (Fsp3) is 0.867. The second kappa shape index (κ2) is 6.21. The lowest BCUT2D eigenvalue weighted by Crippen LogP contribution is -2.71. The summed E-state index contributed by atoms with van der Waals surface area (Å²) in [4.78, 5) is 25.7. The molecule has 0 aromatic carbocycles. The van der Waals surface area contributed by atoms with Gasteiger partial charge in [0.15, 0.2) is 5.78 Å². The van der Waals surface area contributed by atoms with Crippen LogP contribution in [0.5, 0.6) is 0 Å². The quantitative estimate of drug-likeness (QED) is 0.450. The Morgan fingerprint density at radius 1 is 0.971 bits per heavy atom. The molecule has 1 aliphatic heterocycles. The minimum Gasteiger partial charge on any atom is -0.481 e. The van der Waals surface area contributed by atoms with E-state index in [0.717, 1.165) is 51.4 Å². The number of carboxylic acids is 1. The van der Waals surface area contributed by atoms with E-state index in [1.54, 1.807) is 0 Å². The number of carbonyl (C=O) groups excluding carboxylic acids is 1. The monoisotopic (exact) mass is 468 g/mol. The van der Waals surface area contributed by atoms with Crippen LogP contribution in [-0.2, 0) is 14.3 Å². The van der Waals surface area contributed by atoms with Crippen molar-refractivity contribution in [3.8, 4) is 0 Å². The highest BCUT2D eigenvalue weighted by Gasteiger charge is 2.86. The van der Waals surface area contributed by atoms with Crippen molar-refractivity contribution < 1.29 is 19.4 Å². The van der Waals surface area contributed by atoms with Gasteiger partial charge in [0.25, 0.3) is 0 Å². The summed E-state index contributed by atoms with van der Waals surface area (Å²) in [5.74, 6) is 0.577. The van der Waals surface area contributed by atoms with Gasteiger partial charge in [-0.05, 0) is 86.0 Å². The van der Waals surface area contributed by atoms with Crippen molar-refractivity contribution in [1.29, 1.82) is 0 Å². The predicted octanol–water partition coefficient (Wildman–Crippen LogP) is 6.43. The molecule has 0 aromatic rings. The molecule has 2 unspecified atom stereocenters. The van der Waals surface area contributed by atoms with Gasteiger partial charge in [0.1, 0.15) is 5.60 Å². The lowest BCUT2D eigenvalue weighted by Gasteiger charge is -2.70. The molecule has 4 saturated carbocycles. The summed E-state index contributed by atoms with van der Waals surface area (Å²) in [7, 11) is 0. The Kier molecular flexibility index (Phi) is 4.25. The highest BCUT2D eigenvalue weighted by Crippen LogP contribution is 2.83. The first kappa shape index (κ1) is 23.3. The Balaban J connectivity index is 1.47. The molecule has 1 N–H and O–H groups in total. The van der Waals surface area contributed by atoms with Crippen molar-refractivity contribution in [1.82, 2.24) is 0 Å². The minimum atomic E-state index is -0.564. The fourth-order valence-electron chi connectivity index (χ4n) is 11.1. The molecular formula is C30H44O4. The van der Waals surface area contributed by atoms with Crippen molar-refractivity contribution >= 4 is 11.8 Å². The molecule has 1 saturated heterocycles. The van der Waals surface area contributed by atoms with Crippen LogP contribution in [0.2, 0.25) is 0 Å². The number of hydrogen-bond acceptors (Lipinski definition) is 3. The highest BCUT2D eigenvalue weighted by molar-refractivity contribution is 5.96. The summed E-state index contributed by atoms with van der Waals surface area (Å²) in [5.41, 5.74) is -1.12. The first-order chi connectivity index (χ1) is 15.6. The summed E-state index contributed by atoms with van der Waals surface area (Å²) >= 11 is 0. The first-order valence-corrected chi connectivity index (χ1v) is 13.8. The number of carbonyl (C=O) groups is 2. The van der Waals surface area contributed by atoms with E-state index in [2.05, 4.69) is 54.5 Å². The van der Waals surface area contributed by atoms with Gasteiger partial charge in [0, 0.05) is 16.2 Å². The average molecular weight is 469 g/mol. The minimum absolute atomic E-state index is 0.0219. The van der Waals surface area contributed by atoms with Gasteiger partial charge in [-0.15, -0.1) is 0 Å². The smallest absolute Gasteiger partial charge is 0.309 e. The van der Waals surface area contributed by atoms with Gasteiger partial charge >= 0.3 is 5.97 Å². The molecule has 5 fully saturated rings. The third-order valence-corrected chi connectivity index (χ3v) is 13.4. The highest BCUT2D eigenvalue weighted by atomic mass is 16.6. The normalized spacial score (nSPS) is 56.3. The maximum Gasteiger partial charge on any atom is 0.309 e. The van der Waals surface area contributed by atoms with Crippen LogP contribution in [0.1, 0.15) is 99.8 Å². The average Bonchev–Trinajstić information content (AvgIpc) is 3.48. The molecule has 188 valence electrons. The number of hydrogen-bond donors (Lipinski definition) is 1. The number of ether oxygens (including phenoxy) is 1. The van der Waals surface area contributed by atoms with Crippen molar-refractivity contribution in [3.05, 3.63) is 12.2 Å². The molecule has 4 heteroatoms. The van der Waals surface area contributed by atoms with E-state index in [0.29, 0.717) is 5.92 Å². The van der Waals surface area contributed by atoms with E-state index >= 15 is 0 Å². The topological polar surface area (TPSA) is 66.9 Å². The number of allylic oxidation sites excluding steroid dienone is 1. The Morgan fingerprint density at radius 2 is 1.65 bits per heavy atom. The van der Waals surface area contributed by atoms with Crippen molar-refractivity contribution in [2.45, 2.75) is 112 Å². The zero-order chi connectivity index (χ0) is 24.7. The van der Waals surface area contributed by atoms with E-state index in [1.165, 1.54) is 0 Å². The van der Waals surface area contributed by atoms with E-state index in [1.807, 2.05) is 6.08 Å². The predicted molar refractivity (Wildman–Crippen MR) is 131 cm³/mol. The second-order valence-corrected chi connectivity index (χ2v) is 15.2. The number of epoxide rings is 1. The van der Waals surface area contributed by atoms with Crippen LogP contribution in [0, 0.1) is 50.2 Å². The molecule has 6 aliphatic rings. The molecule has 9 atom stereocenters. The molecule has 4 nitrogen and oxygen atoms in total. The maximum atomic E-state index is 12.9. The first-order valence-electron chi connectivity index (χ1n) is 13.8. The number of ketones is 1. The van der Waals surface area contributed by atoms with Crippen LogP contribution in [0.3, 0.4) is 0 Å². The van der Waals surface area contributed by atoms with E-state index in [4.69, 9.17) is 4.74 Å². The Morgan fingerprint density at radius 3 is 2.32 bits per heavy atom. The van der Waals surface area contributed by atoms with Crippen molar-refractivity contribution in [2.24, 2.45) is 50.2 Å². The summed E-state index contributed by atoms with van der Waals surface area (Å²) in [6.07, 6.45) is 11.9. The van der Waals surface area contributed by atoms with Gasteiger partial charge in [-0.3, -0.25) is 9.59 Å². The van der Waals surface area contributed by atoms with Crippen LogP contribution in [0.15, 0.2) is 12.2 Å². The third kappa shape index (κ3) is 2.28. The van der Waals surface area contributed by atoms with Crippen LogP contribution in [0.4, 0.5) is 0 Å². The molecule has 6 rings (SSSR count). The molecule has 5 aliphatic carbocycles. The molecule has 0 radical (unpaired) electrons. The number of rotatable bonds is 1. The Hall–Kier alpha value is -1.16. The SMILES string of the molecule is CC1(C)CC[C@]2(C(=O)O)CC[C@]3(C)[C@H](CC4OC45[C@@]4(C)C=CC(=O)C(C)(C)[C@@H]4CC[C@]53C)[C@@H]2C1. The lowest BCUT2D eigenvalue weighted by atomic mass is 9.31. The van der Waals surface area contributed by atoms with Crippen molar-refractivity contribution in [2.75, 3.05) is 0 Å². The van der Waals surface area contributed by atoms with Crippen LogP contribution in [0.25, 0.3) is 0 Å². The summed E-state index contributed by atoms with van der Waals surface area (Å²) in [5, 5.41) is 10.5. The maximum absolute atomic E-state index is 12.9. The lowest BCUT2D eigenvalue weighted by molar-refractivity contribution is -0.222.